The molecule has 0 spiro atoms. The minimum atomic E-state index is -0.984. The fourth-order valence-corrected chi connectivity index (χ4v) is 2.50. The summed E-state index contributed by atoms with van der Waals surface area (Å²) in [5.74, 6) is -1.20. The predicted molar refractivity (Wildman–Crippen MR) is 75.8 cm³/mol. The molecule has 0 radical (unpaired) electrons. The van der Waals surface area contributed by atoms with E-state index in [0.717, 1.165) is 32.1 Å². The van der Waals surface area contributed by atoms with E-state index < -0.39 is 24.1 Å². The first-order chi connectivity index (χ1) is 9.99. The summed E-state index contributed by atoms with van der Waals surface area (Å²) in [4.78, 5) is 36.7. The summed E-state index contributed by atoms with van der Waals surface area (Å²) in [6.45, 7) is 2.03. The highest BCUT2D eigenvalue weighted by atomic mass is 16.4. The maximum absolute atomic E-state index is 12.3. The van der Waals surface area contributed by atoms with Crippen LogP contribution in [0.3, 0.4) is 0 Å². The van der Waals surface area contributed by atoms with E-state index in [9.17, 15) is 19.5 Å². The molecule has 3 amide bonds. The van der Waals surface area contributed by atoms with Gasteiger partial charge in [0.15, 0.2) is 0 Å². The second-order valence-electron chi connectivity index (χ2n) is 5.85. The Balaban J connectivity index is 1.92. The number of hydrogen-bond acceptors (Lipinski definition) is 3. The van der Waals surface area contributed by atoms with Crippen molar-refractivity contribution in [1.29, 1.82) is 0 Å². The smallest absolute Gasteiger partial charge is 0.326 e. The zero-order chi connectivity index (χ0) is 15.4. The summed E-state index contributed by atoms with van der Waals surface area (Å²) in [6.07, 6.45) is 4.95. The zero-order valence-corrected chi connectivity index (χ0v) is 12.3. The molecule has 2 rings (SSSR count). The van der Waals surface area contributed by atoms with Crippen molar-refractivity contribution < 1.29 is 19.5 Å². The van der Waals surface area contributed by atoms with Crippen LogP contribution in [-0.4, -0.2) is 52.6 Å². The molecule has 21 heavy (non-hydrogen) atoms. The molecule has 7 nitrogen and oxygen atoms in total. The van der Waals surface area contributed by atoms with Crippen molar-refractivity contribution in [2.45, 2.75) is 63.6 Å². The fourth-order valence-electron chi connectivity index (χ4n) is 2.50. The number of nitrogens with one attached hydrogen (secondary N) is 2. The number of carboxylic acid groups (broad SMARTS) is 1. The highest BCUT2D eigenvalue weighted by molar-refractivity contribution is 5.88. The van der Waals surface area contributed by atoms with Crippen molar-refractivity contribution in [2.75, 3.05) is 6.54 Å². The highest BCUT2D eigenvalue weighted by Gasteiger charge is 2.32. The number of likely N-dealkylation sites (tertiary alicyclic amines) is 1. The molecule has 0 aromatic heterocycles. The second kappa shape index (κ2) is 6.78. The lowest BCUT2D eigenvalue weighted by Crippen LogP contribution is -2.54. The van der Waals surface area contributed by atoms with Crippen molar-refractivity contribution in [3.05, 3.63) is 0 Å². The van der Waals surface area contributed by atoms with E-state index in [2.05, 4.69) is 10.6 Å². The minimum Gasteiger partial charge on any atom is -0.480 e. The van der Waals surface area contributed by atoms with Crippen LogP contribution in [0, 0.1) is 0 Å². The average molecular weight is 297 g/mol. The van der Waals surface area contributed by atoms with Gasteiger partial charge in [-0.2, -0.15) is 0 Å². The van der Waals surface area contributed by atoms with Gasteiger partial charge in [-0.3, -0.25) is 4.79 Å². The molecule has 2 aliphatic rings. The molecular formula is C14H23N3O4. The molecule has 0 aromatic rings. The Kier molecular flexibility index (Phi) is 5.03. The Morgan fingerprint density at radius 3 is 2.48 bits per heavy atom. The lowest BCUT2D eigenvalue weighted by molar-refractivity contribution is -0.142. The third-order valence-electron chi connectivity index (χ3n) is 3.96. The fraction of sp³-hybridized carbons (Fsp3) is 0.786. The molecule has 1 saturated carbocycles. The zero-order valence-electron chi connectivity index (χ0n) is 12.3. The summed E-state index contributed by atoms with van der Waals surface area (Å²) in [5.41, 5.74) is 0. The number of nitrogens with zero attached hydrogens (tertiary/aromatic N) is 1. The first-order valence-electron chi connectivity index (χ1n) is 7.59. The quantitative estimate of drug-likeness (QED) is 0.711. The number of carboxylic acids is 1. The first kappa shape index (κ1) is 15.6. The Hall–Kier alpha value is -1.79. The van der Waals surface area contributed by atoms with Gasteiger partial charge < -0.3 is 20.6 Å². The van der Waals surface area contributed by atoms with Gasteiger partial charge in [-0.05, 0) is 32.6 Å². The standard InChI is InChI=1S/C14H23N3O4/c1-9(12(18)16-10-6-7-10)15-14(21)17-8-4-2-3-5-11(17)13(19)20/h9-11H,2-8H2,1H3,(H,15,21)(H,16,18)(H,19,20). The van der Waals surface area contributed by atoms with Crippen LogP contribution in [-0.2, 0) is 9.59 Å². The van der Waals surface area contributed by atoms with Gasteiger partial charge in [0.25, 0.3) is 0 Å². The van der Waals surface area contributed by atoms with E-state index in [1.807, 2.05) is 0 Å². The lowest BCUT2D eigenvalue weighted by atomic mass is 10.1. The third kappa shape index (κ3) is 4.34. The summed E-state index contributed by atoms with van der Waals surface area (Å²) in [6, 6.07) is -1.69. The highest BCUT2D eigenvalue weighted by Crippen LogP contribution is 2.19. The van der Waals surface area contributed by atoms with Gasteiger partial charge in [0, 0.05) is 12.6 Å². The number of hydrogen-bond donors (Lipinski definition) is 3. The summed E-state index contributed by atoms with van der Waals surface area (Å²) in [5, 5.41) is 14.7. The van der Waals surface area contributed by atoms with Gasteiger partial charge in [-0.15, -0.1) is 0 Å². The molecular weight excluding hydrogens is 274 g/mol. The van der Waals surface area contributed by atoms with Crippen LogP contribution in [0.4, 0.5) is 4.79 Å². The van der Waals surface area contributed by atoms with Crippen molar-refractivity contribution in [3.63, 3.8) is 0 Å². The van der Waals surface area contributed by atoms with Gasteiger partial charge in [-0.1, -0.05) is 12.8 Å². The van der Waals surface area contributed by atoms with E-state index in [0.29, 0.717) is 13.0 Å². The largest absolute Gasteiger partial charge is 0.480 e. The molecule has 2 fully saturated rings. The third-order valence-corrected chi connectivity index (χ3v) is 3.96. The molecule has 1 heterocycles. The Morgan fingerprint density at radius 1 is 1.14 bits per heavy atom. The molecule has 7 heteroatoms. The van der Waals surface area contributed by atoms with Gasteiger partial charge in [0.2, 0.25) is 5.91 Å². The molecule has 0 aromatic carbocycles. The predicted octanol–water partition coefficient (Wildman–Crippen LogP) is 0.692. The molecule has 3 N–H and O–H groups in total. The number of urea groups is 1. The first-order valence-corrected chi connectivity index (χ1v) is 7.59. The van der Waals surface area contributed by atoms with Crippen molar-refractivity contribution in [2.24, 2.45) is 0 Å². The summed E-state index contributed by atoms with van der Waals surface area (Å²) >= 11 is 0. The average Bonchev–Trinajstić information content (AvgIpc) is 3.23. The van der Waals surface area contributed by atoms with Crippen molar-refractivity contribution in [3.8, 4) is 0 Å². The van der Waals surface area contributed by atoms with E-state index in [1.54, 1.807) is 6.92 Å². The van der Waals surface area contributed by atoms with E-state index in [4.69, 9.17) is 0 Å². The summed E-state index contributed by atoms with van der Waals surface area (Å²) < 4.78 is 0. The molecule has 1 aliphatic heterocycles. The molecule has 2 atom stereocenters. The van der Waals surface area contributed by atoms with Crippen LogP contribution in [0.15, 0.2) is 0 Å². The second-order valence-corrected chi connectivity index (χ2v) is 5.85. The van der Waals surface area contributed by atoms with Crippen molar-refractivity contribution in [1.82, 2.24) is 15.5 Å². The maximum Gasteiger partial charge on any atom is 0.326 e. The number of carbonyl (C=O) groups is 3. The number of carbonyl (C=O) groups excluding carboxylic acids is 2. The molecule has 1 aliphatic carbocycles. The molecule has 118 valence electrons. The van der Waals surface area contributed by atoms with Gasteiger partial charge >= 0.3 is 12.0 Å². The van der Waals surface area contributed by atoms with Gasteiger partial charge in [-0.25, -0.2) is 9.59 Å². The Morgan fingerprint density at radius 2 is 1.86 bits per heavy atom. The van der Waals surface area contributed by atoms with Crippen LogP contribution in [0.2, 0.25) is 0 Å². The van der Waals surface area contributed by atoms with Crippen LogP contribution < -0.4 is 10.6 Å². The van der Waals surface area contributed by atoms with Gasteiger partial charge in [0.05, 0.1) is 0 Å². The maximum atomic E-state index is 12.3. The topological polar surface area (TPSA) is 98.7 Å². The van der Waals surface area contributed by atoms with E-state index in [-0.39, 0.29) is 11.9 Å². The number of aliphatic carboxylic acids is 1. The monoisotopic (exact) mass is 297 g/mol. The SMILES string of the molecule is CC(NC(=O)N1CCCCCC1C(=O)O)C(=O)NC1CC1. The van der Waals surface area contributed by atoms with Crippen LogP contribution in [0.5, 0.6) is 0 Å². The lowest BCUT2D eigenvalue weighted by Gasteiger charge is -2.28. The van der Waals surface area contributed by atoms with Crippen LogP contribution in [0.1, 0.15) is 45.4 Å². The van der Waals surface area contributed by atoms with E-state index >= 15 is 0 Å². The van der Waals surface area contributed by atoms with Crippen molar-refractivity contribution >= 4 is 17.9 Å². The minimum absolute atomic E-state index is 0.215. The molecule has 1 saturated heterocycles. The van der Waals surface area contributed by atoms with Gasteiger partial charge in [0.1, 0.15) is 12.1 Å². The Labute approximate surface area is 124 Å². The molecule has 0 bridgehead atoms. The number of amides is 3. The van der Waals surface area contributed by atoms with Crippen LogP contribution >= 0.6 is 0 Å². The normalized spacial score (nSPS) is 23.9. The molecule has 2 unspecified atom stereocenters. The Bertz CT molecular complexity index is 422. The van der Waals surface area contributed by atoms with E-state index in [1.165, 1.54) is 4.90 Å². The van der Waals surface area contributed by atoms with Crippen LogP contribution in [0.25, 0.3) is 0 Å². The number of rotatable bonds is 4. The summed E-state index contributed by atoms with van der Waals surface area (Å²) in [7, 11) is 0.